The highest BCUT2D eigenvalue weighted by atomic mass is 16.5. The molecule has 0 aromatic heterocycles. The van der Waals surface area contributed by atoms with Gasteiger partial charge >= 0.3 is 0 Å². The zero-order valence-corrected chi connectivity index (χ0v) is 11.4. The fourth-order valence-corrected chi connectivity index (χ4v) is 3.38. The third-order valence-electron chi connectivity index (χ3n) is 4.40. The highest BCUT2D eigenvalue weighted by Gasteiger charge is 2.35. The minimum Gasteiger partial charge on any atom is -0.368 e. The van der Waals surface area contributed by atoms with Gasteiger partial charge in [-0.2, -0.15) is 0 Å². The summed E-state index contributed by atoms with van der Waals surface area (Å²) >= 11 is 0. The number of carbonyl (C=O) groups excluding carboxylic acids is 1. The quantitative estimate of drug-likeness (QED) is 0.828. The van der Waals surface area contributed by atoms with Gasteiger partial charge in [-0.3, -0.25) is 4.79 Å². The topological polar surface area (TPSA) is 55.6 Å². The van der Waals surface area contributed by atoms with E-state index in [9.17, 15) is 4.79 Å². The van der Waals surface area contributed by atoms with Gasteiger partial charge in [0.1, 0.15) is 6.10 Å². The highest BCUT2D eigenvalue weighted by molar-refractivity contribution is 5.81. The molecule has 2 rings (SSSR count). The zero-order chi connectivity index (χ0) is 13.0. The molecule has 2 fully saturated rings. The van der Waals surface area contributed by atoms with Crippen LogP contribution in [0.3, 0.4) is 0 Å². The van der Waals surface area contributed by atoms with Gasteiger partial charge in [0.05, 0.1) is 0 Å². The molecule has 0 aromatic rings. The van der Waals surface area contributed by atoms with Crippen molar-refractivity contribution in [2.45, 2.75) is 57.6 Å². The number of rotatable bonds is 4. The Labute approximate surface area is 110 Å². The van der Waals surface area contributed by atoms with Crippen LogP contribution in [0.15, 0.2) is 0 Å². The molecule has 2 N–H and O–H groups in total. The lowest BCUT2D eigenvalue weighted by Gasteiger charge is -2.40. The third kappa shape index (κ3) is 2.86. The summed E-state index contributed by atoms with van der Waals surface area (Å²) in [5, 5.41) is 0. The Morgan fingerprint density at radius 3 is 2.67 bits per heavy atom. The molecule has 4 nitrogen and oxygen atoms in total. The molecule has 104 valence electrons. The van der Waals surface area contributed by atoms with Crippen molar-refractivity contribution in [3.63, 3.8) is 0 Å². The molecule has 0 radical (unpaired) electrons. The first kappa shape index (κ1) is 13.8. The smallest absolute Gasteiger partial charge is 0.251 e. The number of nitrogens with two attached hydrogens (primary N) is 1. The van der Waals surface area contributed by atoms with Crippen LogP contribution in [0.2, 0.25) is 0 Å². The lowest BCUT2D eigenvalue weighted by Crippen LogP contribution is -2.51. The summed E-state index contributed by atoms with van der Waals surface area (Å²) in [5.41, 5.74) is 5.87. The van der Waals surface area contributed by atoms with E-state index in [4.69, 9.17) is 10.5 Å². The molecule has 1 saturated carbocycles. The predicted octanol–water partition coefficient (Wildman–Crippen LogP) is 1.53. The number of amides is 1. The molecule has 1 aliphatic carbocycles. The van der Waals surface area contributed by atoms with Crippen molar-refractivity contribution in [3.8, 4) is 0 Å². The maximum absolute atomic E-state index is 12.5. The van der Waals surface area contributed by atoms with E-state index in [-0.39, 0.29) is 12.0 Å². The molecule has 2 aliphatic rings. The minimum absolute atomic E-state index is 0.190. The van der Waals surface area contributed by atoms with E-state index in [0.29, 0.717) is 18.5 Å². The fraction of sp³-hybridized carbons (Fsp3) is 0.929. The van der Waals surface area contributed by atoms with Gasteiger partial charge in [-0.05, 0) is 45.1 Å². The predicted molar refractivity (Wildman–Crippen MR) is 71.2 cm³/mol. The maximum Gasteiger partial charge on any atom is 0.251 e. The summed E-state index contributed by atoms with van der Waals surface area (Å²) < 4.78 is 5.53. The number of likely N-dealkylation sites (N-methyl/N-ethyl adjacent to an activating group) is 1. The molecule has 1 saturated heterocycles. The molecule has 0 bridgehead atoms. The van der Waals surface area contributed by atoms with E-state index in [2.05, 4.69) is 6.92 Å². The summed E-state index contributed by atoms with van der Waals surface area (Å²) in [5.74, 6) is 0.671. The zero-order valence-electron chi connectivity index (χ0n) is 11.4. The molecule has 2 unspecified atom stereocenters. The Balaban J connectivity index is 2.03. The SMILES string of the molecule is CCN(C(=O)[C@H]1CCCO1)C1CCCCC1CN. The number of hydrogen-bond donors (Lipinski definition) is 1. The van der Waals surface area contributed by atoms with Crippen molar-refractivity contribution < 1.29 is 9.53 Å². The van der Waals surface area contributed by atoms with Gasteiger partial charge in [0.2, 0.25) is 0 Å². The normalized spacial score (nSPS) is 32.4. The lowest BCUT2D eigenvalue weighted by molar-refractivity contribution is -0.145. The average Bonchev–Trinajstić information content (AvgIpc) is 2.94. The van der Waals surface area contributed by atoms with Crippen molar-refractivity contribution in [1.29, 1.82) is 0 Å². The van der Waals surface area contributed by atoms with E-state index >= 15 is 0 Å². The summed E-state index contributed by atoms with van der Waals surface area (Å²) in [4.78, 5) is 14.5. The van der Waals surface area contributed by atoms with Crippen molar-refractivity contribution >= 4 is 5.91 Å². The third-order valence-corrected chi connectivity index (χ3v) is 4.40. The lowest BCUT2D eigenvalue weighted by atomic mass is 9.83. The molecular formula is C14H26N2O2. The highest BCUT2D eigenvalue weighted by Crippen LogP contribution is 2.29. The van der Waals surface area contributed by atoms with Gasteiger partial charge in [0.25, 0.3) is 5.91 Å². The van der Waals surface area contributed by atoms with E-state index in [1.165, 1.54) is 12.8 Å². The van der Waals surface area contributed by atoms with Crippen molar-refractivity contribution in [2.75, 3.05) is 19.7 Å². The molecule has 3 atom stereocenters. The van der Waals surface area contributed by atoms with E-state index < -0.39 is 0 Å². The van der Waals surface area contributed by atoms with Gasteiger partial charge in [0.15, 0.2) is 0 Å². The number of nitrogens with zero attached hydrogens (tertiary/aromatic N) is 1. The largest absolute Gasteiger partial charge is 0.368 e. The molecule has 0 spiro atoms. The van der Waals surface area contributed by atoms with Gasteiger partial charge in [-0.1, -0.05) is 12.8 Å². The number of carbonyl (C=O) groups is 1. The molecule has 1 aliphatic heterocycles. The summed E-state index contributed by atoms with van der Waals surface area (Å²) in [7, 11) is 0. The van der Waals surface area contributed by atoms with Crippen LogP contribution in [-0.2, 0) is 9.53 Å². The monoisotopic (exact) mass is 254 g/mol. The fourth-order valence-electron chi connectivity index (χ4n) is 3.38. The molecule has 1 heterocycles. The van der Waals surface area contributed by atoms with Gasteiger partial charge in [-0.25, -0.2) is 0 Å². The van der Waals surface area contributed by atoms with Gasteiger partial charge in [0, 0.05) is 19.2 Å². The number of hydrogen-bond acceptors (Lipinski definition) is 3. The summed E-state index contributed by atoms with van der Waals surface area (Å²) in [6.07, 6.45) is 6.45. The standard InChI is InChI=1S/C14H26N2O2/c1-2-16(14(17)13-8-5-9-18-13)12-7-4-3-6-11(12)10-15/h11-13H,2-10,15H2,1H3/t11?,12?,13-/m1/s1. The van der Waals surface area contributed by atoms with Crippen molar-refractivity contribution in [2.24, 2.45) is 11.7 Å². The first-order chi connectivity index (χ1) is 8.77. The van der Waals surface area contributed by atoms with Crippen LogP contribution >= 0.6 is 0 Å². The van der Waals surface area contributed by atoms with Crippen LogP contribution in [0.5, 0.6) is 0 Å². The van der Waals surface area contributed by atoms with Crippen LogP contribution in [0, 0.1) is 5.92 Å². The first-order valence-electron chi connectivity index (χ1n) is 7.40. The second kappa shape index (κ2) is 6.53. The van der Waals surface area contributed by atoms with Crippen LogP contribution in [0.4, 0.5) is 0 Å². The Hall–Kier alpha value is -0.610. The van der Waals surface area contributed by atoms with Crippen LogP contribution in [-0.4, -0.2) is 42.6 Å². The average molecular weight is 254 g/mol. The molecule has 18 heavy (non-hydrogen) atoms. The minimum atomic E-state index is -0.190. The Morgan fingerprint density at radius 1 is 1.28 bits per heavy atom. The second-order valence-corrected chi connectivity index (χ2v) is 5.47. The van der Waals surface area contributed by atoms with E-state index in [1.54, 1.807) is 0 Å². The van der Waals surface area contributed by atoms with Crippen LogP contribution in [0.1, 0.15) is 45.4 Å². The van der Waals surface area contributed by atoms with Gasteiger partial charge in [-0.15, -0.1) is 0 Å². The summed E-state index contributed by atoms with van der Waals surface area (Å²) in [6.45, 7) is 4.27. The second-order valence-electron chi connectivity index (χ2n) is 5.47. The van der Waals surface area contributed by atoms with E-state index in [1.807, 2.05) is 4.90 Å². The van der Waals surface area contributed by atoms with Crippen molar-refractivity contribution in [3.05, 3.63) is 0 Å². The van der Waals surface area contributed by atoms with Crippen molar-refractivity contribution in [1.82, 2.24) is 4.90 Å². The molecule has 4 heteroatoms. The first-order valence-corrected chi connectivity index (χ1v) is 7.40. The maximum atomic E-state index is 12.5. The number of ether oxygens (including phenoxy) is 1. The summed E-state index contributed by atoms with van der Waals surface area (Å²) in [6, 6.07) is 0.338. The van der Waals surface area contributed by atoms with Crippen LogP contribution < -0.4 is 5.73 Å². The Morgan fingerprint density at radius 2 is 2.06 bits per heavy atom. The van der Waals surface area contributed by atoms with Crippen LogP contribution in [0.25, 0.3) is 0 Å². The Bertz CT molecular complexity index is 277. The molecule has 0 aromatic carbocycles. The molecule has 1 amide bonds. The molecular weight excluding hydrogens is 228 g/mol. The van der Waals surface area contributed by atoms with E-state index in [0.717, 1.165) is 38.8 Å². The van der Waals surface area contributed by atoms with Gasteiger partial charge < -0.3 is 15.4 Å². The Kier molecular flexibility index (Phi) is 5.01.